The van der Waals surface area contributed by atoms with Crippen molar-refractivity contribution in [2.24, 2.45) is 5.92 Å². The minimum atomic E-state index is -3.12. The summed E-state index contributed by atoms with van der Waals surface area (Å²) in [6, 6.07) is 5.71. The van der Waals surface area contributed by atoms with Crippen molar-refractivity contribution >= 4 is 40.6 Å². The third kappa shape index (κ3) is 6.44. The molecule has 12 nitrogen and oxygen atoms in total. The lowest BCUT2D eigenvalue weighted by atomic mass is 9.97. The number of nitrogens with zero attached hydrogens (tertiary/aromatic N) is 7. The maximum atomic E-state index is 13.4. The maximum Gasteiger partial charge on any atom is 0.387 e. The molecule has 1 aromatic carbocycles. The van der Waals surface area contributed by atoms with Gasteiger partial charge in [0.25, 0.3) is 5.91 Å². The minimum Gasteiger partial charge on any atom is -0.434 e. The number of carbonyl (C=O) groups excluding carboxylic acids is 2. The Morgan fingerprint density at radius 2 is 2.10 bits per heavy atom. The van der Waals surface area contributed by atoms with Crippen molar-refractivity contribution in [2.45, 2.75) is 26.0 Å². The van der Waals surface area contributed by atoms with Gasteiger partial charge in [-0.2, -0.15) is 13.9 Å². The Morgan fingerprint density at radius 1 is 1.29 bits per heavy atom. The van der Waals surface area contributed by atoms with Crippen molar-refractivity contribution in [1.29, 1.82) is 0 Å². The predicted molar refractivity (Wildman–Crippen MR) is 153 cm³/mol. The third-order valence-electron chi connectivity index (χ3n) is 6.86. The van der Waals surface area contributed by atoms with Crippen molar-refractivity contribution in [3.05, 3.63) is 53.4 Å². The number of nitrogen functional groups attached to an aromatic ring is 1. The number of benzene rings is 1. The molecule has 4 aromatic rings. The highest BCUT2D eigenvalue weighted by Gasteiger charge is 2.27. The van der Waals surface area contributed by atoms with Crippen LogP contribution in [0.5, 0.6) is 5.75 Å². The van der Waals surface area contributed by atoms with Crippen LogP contribution >= 0.6 is 11.6 Å². The van der Waals surface area contributed by atoms with E-state index in [1.165, 1.54) is 39.8 Å². The van der Waals surface area contributed by atoms with Crippen LogP contribution < -0.4 is 15.8 Å². The summed E-state index contributed by atoms with van der Waals surface area (Å²) >= 11 is 6.21. The van der Waals surface area contributed by atoms with Crippen LogP contribution in [0.2, 0.25) is 5.02 Å². The fourth-order valence-electron chi connectivity index (χ4n) is 5.18. The molecule has 0 unspecified atom stereocenters. The van der Waals surface area contributed by atoms with Gasteiger partial charge in [-0.1, -0.05) is 11.6 Å². The second-order valence-corrected chi connectivity index (χ2v) is 10.8. The van der Waals surface area contributed by atoms with Crippen LogP contribution in [-0.2, 0) is 11.3 Å². The smallest absolute Gasteiger partial charge is 0.387 e. The number of likely N-dealkylation sites (tertiary alicyclic amines) is 1. The molecule has 1 aliphatic heterocycles. The van der Waals surface area contributed by atoms with Gasteiger partial charge in [-0.3, -0.25) is 14.3 Å². The third-order valence-corrected chi connectivity index (χ3v) is 7.10. The first-order valence-electron chi connectivity index (χ1n) is 13.2. The molecule has 0 aliphatic carbocycles. The first-order chi connectivity index (χ1) is 20.1. The summed E-state index contributed by atoms with van der Waals surface area (Å²) in [5.41, 5.74) is 6.54. The lowest BCUT2D eigenvalue weighted by Gasteiger charge is -2.34. The van der Waals surface area contributed by atoms with E-state index in [9.17, 15) is 18.4 Å². The topological polar surface area (TPSA) is 136 Å². The number of alkyl halides is 2. The second-order valence-electron chi connectivity index (χ2n) is 10.3. The predicted octanol–water partition coefficient (Wildman–Crippen LogP) is 3.48. The molecule has 4 heterocycles. The molecule has 222 valence electrons. The van der Waals surface area contributed by atoms with Gasteiger partial charge in [0, 0.05) is 48.8 Å². The van der Waals surface area contributed by atoms with Gasteiger partial charge in [-0.05, 0) is 57.1 Å². The highest BCUT2D eigenvalue weighted by atomic mass is 35.5. The first-order valence-corrected chi connectivity index (χ1v) is 13.6. The van der Waals surface area contributed by atoms with Crippen LogP contribution in [-0.4, -0.2) is 86.3 Å². The second kappa shape index (κ2) is 12.3. The lowest BCUT2D eigenvalue weighted by Crippen LogP contribution is -2.44. The van der Waals surface area contributed by atoms with Gasteiger partial charge in [0.1, 0.15) is 23.6 Å². The Labute approximate surface area is 245 Å². The van der Waals surface area contributed by atoms with E-state index in [0.717, 1.165) is 19.4 Å². The molecule has 3 aromatic heterocycles. The zero-order chi connectivity index (χ0) is 30.0. The monoisotopic (exact) mass is 601 g/mol. The molecule has 0 spiro atoms. The first kappa shape index (κ1) is 29.2. The van der Waals surface area contributed by atoms with Crippen LogP contribution in [0.15, 0.2) is 42.9 Å². The number of fused-ring (bicyclic) bond motifs is 1. The Morgan fingerprint density at radius 3 is 2.86 bits per heavy atom. The van der Waals surface area contributed by atoms with Crippen LogP contribution in [0.25, 0.3) is 16.9 Å². The number of anilines is 2. The lowest BCUT2D eigenvalue weighted by molar-refractivity contribution is -0.134. The fraction of sp³-hybridized carbons (Fsp3) is 0.370. The summed E-state index contributed by atoms with van der Waals surface area (Å²) < 4.78 is 34.0. The van der Waals surface area contributed by atoms with Crippen LogP contribution in [0.3, 0.4) is 0 Å². The highest BCUT2D eigenvalue weighted by Crippen LogP contribution is 2.37. The Balaban J connectivity index is 1.49. The normalized spacial score (nSPS) is 15.5. The molecule has 1 fully saturated rings. The molecular weight excluding hydrogens is 572 g/mol. The van der Waals surface area contributed by atoms with Gasteiger partial charge in [0.15, 0.2) is 11.5 Å². The van der Waals surface area contributed by atoms with Crippen molar-refractivity contribution < 1.29 is 23.1 Å². The van der Waals surface area contributed by atoms with Gasteiger partial charge in [-0.15, -0.1) is 5.10 Å². The number of amides is 2. The quantitative estimate of drug-likeness (QED) is 0.298. The fourth-order valence-corrected chi connectivity index (χ4v) is 5.35. The number of nitrogens with two attached hydrogens (primary N) is 1. The number of nitrogens with one attached hydrogen (secondary N) is 1. The van der Waals surface area contributed by atoms with Gasteiger partial charge in [0.2, 0.25) is 5.91 Å². The van der Waals surface area contributed by atoms with E-state index in [0.29, 0.717) is 19.0 Å². The minimum absolute atomic E-state index is 0.0146. The summed E-state index contributed by atoms with van der Waals surface area (Å²) in [5.74, 6) is -0.727. The molecular formula is C27H30ClF2N9O3. The number of rotatable bonds is 9. The van der Waals surface area contributed by atoms with E-state index in [1.54, 1.807) is 17.2 Å². The van der Waals surface area contributed by atoms with Crippen LogP contribution in [0.1, 0.15) is 23.2 Å². The summed E-state index contributed by atoms with van der Waals surface area (Å²) in [5, 5.41) is 11.6. The van der Waals surface area contributed by atoms with E-state index in [4.69, 9.17) is 22.1 Å². The summed E-state index contributed by atoms with van der Waals surface area (Å²) in [6.45, 7) is -1.14. The van der Waals surface area contributed by atoms with Gasteiger partial charge >= 0.3 is 6.61 Å². The molecule has 1 saturated heterocycles. The number of ether oxygens (including phenoxy) is 1. The van der Waals surface area contributed by atoms with Crippen molar-refractivity contribution in [3.8, 4) is 17.0 Å². The number of aromatic nitrogens is 5. The maximum absolute atomic E-state index is 13.4. The van der Waals surface area contributed by atoms with E-state index in [1.807, 2.05) is 14.1 Å². The number of hydrogen-bond acceptors (Lipinski definition) is 8. The number of hydrogen-bond donors (Lipinski definition) is 2. The Kier molecular flexibility index (Phi) is 8.54. The largest absolute Gasteiger partial charge is 0.434 e. The molecule has 42 heavy (non-hydrogen) atoms. The van der Waals surface area contributed by atoms with Crippen LogP contribution in [0.4, 0.5) is 20.3 Å². The molecule has 15 heteroatoms. The van der Waals surface area contributed by atoms with Gasteiger partial charge < -0.3 is 25.6 Å². The molecule has 1 aliphatic rings. The van der Waals surface area contributed by atoms with Crippen molar-refractivity contribution in [2.75, 3.05) is 44.8 Å². The molecule has 0 bridgehead atoms. The van der Waals surface area contributed by atoms with Gasteiger partial charge in [-0.25, -0.2) is 9.50 Å². The molecule has 0 saturated carbocycles. The number of halogens is 3. The number of piperidine rings is 1. The van der Waals surface area contributed by atoms with Crippen molar-refractivity contribution in [1.82, 2.24) is 34.2 Å². The standard InChI is InChI=1S/C27H30ClF2N9O3/c1-36(2)12-16-5-3-9-37(13-16)21(40)15-38-14-19(23(34-38)18-11-17(28)6-7-20(18)42-27(29)30)33-26(41)22-24(31)35-39-10-4-8-32-25(22)39/h4,6-8,10-11,14,16,27H,3,5,9,12-13,15H2,1-2H3,(H2,31,35)(H,33,41)/t16-/m1/s1. The van der Waals surface area contributed by atoms with E-state index in [2.05, 4.69) is 25.4 Å². The van der Waals surface area contributed by atoms with Crippen molar-refractivity contribution in [3.63, 3.8) is 0 Å². The van der Waals surface area contributed by atoms with Crippen LogP contribution in [0, 0.1) is 5.92 Å². The zero-order valence-electron chi connectivity index (χ0n) is 23.0. The molecule has 3 N–H and O–H groups in total. The van der Waals surface area contributed by atoms with E-state index < -0.39 is 12.5 Å². The molecule has 0 radical (unpaired) electrons. The van der Waals surface area contributed by atoms with Gasteiger partial charge in [0.05, 0.1) is 5.69 Å². The summed E-state index contributed by atoms with van der Waals surface area (Å²) in [7, 11) is 4.00. The highest BCUT2D eigenvalue weighted by molar-refractivity contribution is 6.31. The summed E-state index contributed by atoms with van der Waals surface area (Å²) in [6.07, 6.45) is 6.46. The Hall–Kier alpha value is -4.30. The van der Waals surface area contributed by atoms with E-state index in [-0.39, 0.29) is 57.2 Å². The van der Waals surface area contributed by atoms with E-state index >= 15 is 0 Å². The zero-order valence-corrected chi connectivity index (χ0v) is 23.8. The molecule has 1 atom stereocenters. The molecule has 5 rings (SSSR count). The SMILES string of the molecule is CN(C)C[C@H]1CCCN(C(=O)Cn2cc(NC(=O)c3c(N)nn4cccnc34)c(-c3cc(Cl)ccc3OC(F)F)n2)C1. The molecule has 2 amide bonds. The Bertz CT molecular complexity index is 1610. The summed E-state index contributed by atoms with van der Waals surface area (Å²) in [4.78, 5) is 34.8. The average Bonchev–Trinajstić information content (AvgIpc) is 3.48. The average molecular weight is 602 g/mol. The number of carbonyl (C=O) groups is 2.